The summed E-state index contributed by atoms with van der Waals surface area (Å²) in [6, 6.07) is 1.66. The van der Waals surface area contributed by atoms with E-state index in [1.807, 2.05) is 11.9 Å². The fourth-order valence-electron chi connectivity index (χ4n) is 1.87. The second-order valence-corrected chi connectivity index (χ2v) is 4.97. The largest absolute Gasteiger partial charge is 0.392 e. The Bertz CT molecular complexity index is 414. The van der Waals surface area contributed by atoms with E-state index in [-0.39, 0.29) is 18.6 Å². The van der Waals surface area contributed by atoms with E-state index in [1.54, 1.807) is 13.0 Å². The molecule has 1 fully saturated rings. The summed E-state index contributed by atoms with van der Waals surface area (Å²) in [4.78, 5) is 13.5. The van der Waals surface area contributed by atoms with Crippen LogP contribution in [-0.2, 0) is 4.79 Å². The van der Waals surface area contributed by atoms with Crippen LogP contribution in [0.15, 0.2) is 10.6 Å². The Kier molecular flexibility index (Phi) is 3.98. The molecule has 1 unspecified atom stereocenters. The van der Waals surface area contributed by atoms with Gasteiger partial charge in [0.05, 0.1) is 12.6 Å². The fraction of sp³-hybridized carbons (Fsp3) is 0.667. The first kappa shape index (κ1) is 13.0. The molecule has 1 aliphatic carbocycles. The van der Waals surface area contributed by atoms with Crippen LogP contribution in [0.25, 0.3) is 0 Å². The highest BCUT2D eigenvalue weighted by Gasteiger charge is 2.30. The van der Waals surface area contributed by atoms with Gasteiger partial charge < -0.3 is 14.9 Å². The zero-order valence-electron chi connectivity index (χ0n) is 10.7. The van der Waals surface area contributed by atoms with Crippen molar-refractivity contribution in [2.75, 3.05) is 25.5 Å². The molecule has 1 aromatic heterocycles. The molecule has 1 heterocycles. The second-order valence-electron chi connectivity index (χ2n) is 4.97. The van der Waals surface area contributed by atoms with Gasteiger partial charge >= 0.3 is 0 Å². The summed E-state index contributed by atoms with van der Waals surface area (Å²) in [5, 5.41) is 16.1. The van der Waals surface area contributed by atoms with Gasteiger partial charge in [-0.25, -0.2) is 0 Å². The molecule has 0 aliphatic heterocycles. The molecular formula is C12H19N3O3. The minimum Gasteiger partial charge on any atom is -0.392 e. The minimum atomic E-state index is -0.322. The SMILES string of the molecule is Cc1cc(NC(=O)CN(C)CC(O)C2CC2)no1. The van der Waals surface area contributed by atoms with E-state index < -0.39 is 0 Å². The third-order valence-corrected chi connectivity index (χ3v) is 2.97. The predicted molar refractivity (Wildman–Crippen MR) is 66.1 cm³/mol. The van der Waals surface area contributed by atoms with Gasteiger partial charge in [0.1, 0.15) is 5.76 Å². The minimum absolute atomic E-state index is 0.159. The highest BCUT2D eigenvalue weighted by Crippen LogP contribution is 2.32. The van der Waals surface area contributed by atoms with Crippen LogP contribution >= 0.6 is 0 Å². The first-order valence-electron chi connectivity index (χ1n) is 6.14. The summed E-state index contributed by atoms with van der Waals surface area (Å²) in [6.07, 6.45) is 1.87. The van der Waals surface area contributed by atoms with Gasteiger partial charge in [-0.2, -0.15) is 0 Å². The number of aromatic nitrogens is 1. The molecule has 0 bridgehead atoms. The van der Waals surface area contributed by atoms with Crippen molar-refractivity contribution in [3.63, 3.8) is 0 Å². The molecule has 0 saturated heterocycles. The lowest BCUT2D eigenvalue weighted by Gasteiger charge is -2.19. The number of amides is 1. The number of aliphatic hydroxyl groups excluding tert-OH is 1. The van der Waals surface area contributed by atoms with Crippen LogP contribution in [0.4, 0.5) is 5.82 Å². The second kappa shape index (κ2) is 5.49. The van der Waals surface area contributed by atoms with E-state index in [2.05, 4.69) is 10.5 Å². The summed E-state index contributed by atoms with van der Waals surface area (Å²) in [7, 11) is 1.82. The van der Waals surface area contributed by atoms with Crippen LogP contribution in [0.2, 0.25) is 0 Å². The van der Waals surface area contributed by atoms with Gasteiger partial charge in [-0.15, -0.1) is 0 Å². The molecule has 1 aliphatic rings. The van der Waals surface area contributed by atoms with Crippen LogP contribution in [-0.4, -0.2) is 47.3 Å². The highest BCUT2D eigenvalue weighted by atomic mass is 16.5. The van der Waals surface area contributed by atoms with Crippen molar-refractivity contribution in [3.05, 3.63) is 11.8 Å². The number of nitrogens with zero attached hydrogens (tertiary/aromatic N) is 2. The average Bonchev–Trinajstić information content (AvgIpc) is 3.03. The van der Waals surface area contributed by atoms with E-state index in [9.17, 15) is 9.90 Å². The monoisotopic (exact) mass is 253 g/mol. The molecule has 100 valence electrons. The number of nitrogens with one attached hydrogen (secondary N) is 1. The van der Waals surface area contributed by atoms with Gasteiger partial charge in [0.15, 0.2) is 5.82 Å². The molecule has 6 nitrogen and oxygen atoms in total. The topological polar surface area (TPSA) is 78.6 Å². The number of rotatable bonds is 6. The van der Waals surface area contributed by atoms with Gasteiger partial charge in [-0.05, 0) is 32.7 Å². The summed E-state index contributed by atoms with van der Waals surface area (Å²) in [6.45, 7) is 2.52. The van der Waals surface area contributed by atoms with Crippen LogP contribution in [0.1, 0.15) is 18.6 Å². The van der Waals surface area contributed by atoms with Crippen LogP contribution in [0.3, 0.4) is 0 Å². The molecule has 0 aromatic carbocycles. The normalized spacial score (nSPS) is 16.9. The van der Waals surface area contributed by atoms with Gasteiger partial charge in [0.25, 0.3) is 0 Å². The number of anilines is 1. The van der Waals surface area contributed by atoms with Gasteiger partial charge in [0, 0.05) is 12.6 Å². The van der Waals surface area contributed by atoms with Crippen molar-refractivity contribution in [1.29, 1.82) is 0 Å². The Labute approximate surface area is 106 Å². The zero-order chi connectivity index (χ0) is 13.1. The van der Waals surface area contributed by atoms with Crippen molar-refractivity contribution in [2.45, 2.75) is 25.9 Å². The zero-order valence-corrected chi connectivity index (χ0v) is 10.7. The molecule has 2 N–H and O–H groups in total. The van der Waals surface area contributed by atoms with Crippen LogP contribution < -0.4 is 5.32 Å². The van der Waals surface area contributed by atoms with Crippen molar-refractivity contribution in [1.82, 2.24) is 10.1 Å². The average molecular weight is 253 g/mol. The maximum atomic E-state index is 11.7. The third kappa shape index (κ3) is 3.82. The smallest absolute Gasteiger partial charge is 0.239 e. The number of hydrogen-bond acceptors (Lipinski definition) is 5. The van der Waals surface area contributed by atoms with Gasteiger partial charge in [-0.3, -0.25) is 9.69 Å². The summed E-state index contributed by atoms with van der Waals surface area (Å²) >= 11 is 0. The Morgan fingerprint density at radius 2 is 2.44 bits per heavy atom. The highest BCUT2D eigenvalue weighted by molar-refractivity contribution is 5.91. The molecular weight excluding hydrogens is 234 g/mol. The Hall–Kier alpha value is -1.40. The van der Waals surface area contributed by atoms with E-state index in [1.165, 1.54) is 0 Å². The molecule has 6 heteroatoms. The van der Waals surface area contributed by atoms with Crippen molar-refractivity contribution in [3.8, 4) is 0 Å². The Morgan fingerprint density at radius 3 is 3.00 bits per heavy atom. The molecule has 1 atom stereocenters. The van der Waals surface area contributed by atoms with Crippen LogP contribution in [0.5, 0.6) is 0 Å². The molecule has 0 radical (unpaired) electrons. The van der Waals surface area contributed by atoms with E-state index >= 15 is 0 Å². The predicted octanol–water partition coefficient (Wildman–Crippen LogP) is 0.624. The molecule has 1 aromatic rings. The maximum Gasteiger partial charge on any atom is 0.239 e. The van der Waals surface area contributed by atoms with Crippen molar-refractivity contribution < 1.29 is 14.4 Å². The van der Waals surface area contributed by atoms with Gasteiger partial charge in [-0.1, -0.05) is 5.16 Å². The number of aryl methyl sites for hydroxylation is 1. The number of hydrogen-bond donors (Lipinski definition) is 2. The summed E-state index contributed by atoms with van der Waals surface area (Å²) in [5.41, 5.74) is 0. The molecule has 0 spiro atoms. The quantitative estimate of drug-likeness (QED) is 0.777. The van der Waals surface area contributed by atoms with Crippen molar-refractivity contribution in [2.24, 2.45) is 5.92 Å². The lowest BCUT2D eigenvalue weighted by atomic mass is 10.2. The lowest BCUT2D eigenvalue weighted by Crippen LogP contribution is -2.36. The summed E-state index contributed by atoms with van der Waals surface area (Å²) < 4.78 is 4.86. The van der Waals surface area contributed by atoms with Crippen molar-refractivity contribution >= 4 is 11.7 Å². The fourth-order valence-corrected chi connectivity index (χ4v) is 1.87. The van der Waals surface area contributed by atoms with Gasteiger partial charge in [0.2, 0.25) is 5.91 Å². The number of carbonyl (C=O) groups excluding carboxylic acids is 1. The lowest BCUT2D eigenvalue weighted by molar-refractivity contribution is -0.117. The van der Waals surface area contributed by atoms with E-state index in [4.69, 9.17) is 4.52 Å². The van der Waals surface area contributed by atoms with E-state index in [0.29, 0.717) is 24.0 Å². The third-order valence-electron chi connectivity index (χ3n) is 2.97. The summed E-state index contributed by atoms with van der Waals surface area (Å²) in [5.74, 6) is 1.35. The van der Waals surface area contributed by atoms with Crippen LogP contribution in [0, 0.1) is 12.8 Å². The first-order chi connectivity index (χ1) is 8.54. The number of aliphatic hydroxyl groups is 1. The molecule has 1 amide bonds. The standard InChI is InChI=1S/C12H19N3O3/c1-8-5-11(14-18-8)13-12(17)7-15(2)6-10(16)9-3-4-9/h5,9-10,16H,3-4,6-7H2,1-2H3,(H,13,14,17). The Balaban J connectivity index is 1.72. The number of carbonyl (C=O) groups is 1. The van der Waals surface area contributed by atoms with E-state index in [0.717, 1.165) is 12.8 Å². The first-order valence-corrected chi connectivity index (χ1v) is 6.14. The maximum absolute atomic E-state index is 11.7. The Morgan fingerprint density at radius 1 is 1.72 bits per heavy atom. The molecule has 18 heavy (non-hydrogen) atoms. The molecule has 2 rings (SSSR count). The molecule has 1 saturated carbocycles. The number of likely N-dealkylation sites (N-methyl/N-ethyl adjacent to an activating group) is 1.